The molecule has 1 aliphatic heterocycles. The predicted molar refractivity (Wildman–Crippen MR) is 166 cm³/mol. The highest BCUT2D eigenvalue weighted by atomic mass is 19.4. The first-order chi connectivity index (χ1) is 22.2. The first kappa shape index (κ1) is 36.5. The molecular formula is C32H38F3N6O6+. The number of rotatable bonds is 11. The van der Waals surface area contributed by atoms with Gasteiger partial charge in [0.1, 0.15) is 6.04 Å². The summed E-state index contributed by atoms with van der Waals surface area (Å²) in [5.41, 5.74) is 0.564. The Balaban J connectivity index is 0.00000192. The zero-order valence-electron chi connectivity index (χ0n) is 26.8. The van der Waals surface area contributed by atoms with Crippen molar-refractivity contribution >= 4 is 24.1 Å². The smallest absolute Gasteiger partial charge is 0.416 e. The number of carbonyl (C=O) groups is 2. The maximum atomic E-state index is 13.6. The van der Waals surface area contributed by atoms with Crippen LogP contribution in [-0.4, -0.2) is 84.8 Å². The Kier molecular flexibility index (Phi) is 12.1. The van der Waals surface area contributed by atoms with Gasteiger partial charge < -0.3 is 19.1 Å². The topological polar surface area (TPSA) is 151 Å². The molecule has 0 aliphatic carbocycles. The van der Waals surface area contributed by atoms with Gasteiger partial charge in [-0.05, 0) is 54.8 Å². The second-order valence-corrected chi connectivity index (χ2v) is 11.4. The number of aromatic amines is 1. The lowest BCUT2D eigenvalue weighted by Crippen LogP contribution is -2.41. The third-order valence-corrected chi connectivity index (χ3v) is 7.87. The number of fused-ring (bicyclic) bond motifs is 1. The molecule has 3 aromatic rings. The molecule has 1 aliphatic rings. The summed E-state index contributed by atoms with van der Waals surface area (Å²) >= 11 is 0. The number of carboxylic acid groups (broad SMARTS) is 1. The number of aryl methyl sites for hydroxylation is 1. The van der Waals surface area contributed by atoms with Gasteiger partial charge in [0.15, 0.2) is 0 Å². The van der Waals surface area contributed by atoms with E-state index in [-0.39, 0.29) is 29.4 Å². The van der Waals surface area contributed by atoms with Crippen molar-refractivity contribution in [3.63, 3.8) is 0 Å². The molecule has 0 bridgehead atoms. The fourth-order valence-corrected chi connectivity index (χ4v) is 5.68. The van der Waals surface area contributed by atoms with Crippen molar-refractivity contribution in [2.24, 2.45) is 0 Å². The fourth-order valence-electron chi connectivity index (χ4n) is 5.68. The SMILES string of the molecule is COCCC[N+](C)(C)CCCc1cc(C#N)ccc1[C@@H]1C(C(=O)OC)=C(C)N(c2cccc(C(F)(F)F)c2)c2n[nH]c(=O)n21.O=CO. The molecule has 47 heavy (non-hydrogen) atoms. The summed E-state index contributed by atoms with van der Waals surface area (Å²) in [6.45, 7) is 3.73. The highest BCUT2D eigenvalue weighted by molar-refractivity contribution is 5.93. The average Bonchev–Trinajstić information content (AvgIpc) is 3.40. The largest absolute Gasteiger partial charge is 0.483 e. The lowest BCUT2D eigenvalue weighted by Gasteiger charge is -2.36. The molecule has 1 atom stereocenters. The monoisotopic (exact) mass is 659 g/mol. The number of benzene rings is 2. The van der Waals surface area contributed by atoms with Crippen molar-refractivity contribution in [3.05, 3.63) is 86.5 Å². The van der Waals surface area contributed by atoms with Crippen LogP contribution in [0.15, 0.2) is 58.5 Å². The van der Waals surface area contributed by atoms with Crippen molar-refractivity contribution < 1.29 is 41.8 Å². The molecule has 1 aromatic heterocycles. The average molecular weight is 660 g/mol. The summed E-state index contributed by atoms with van der Waals surface area (Å²) in [6.07, 6.45) is -2.42. The zero-order valence-corrected chi connectivity index (χ0v) is 26.8. The molecule has 0 spiro atoms. The molecular weight excluding hydrogens is 621 g/mol. The van der Waals surface area contributed by atoms with Crippen molar-refractivity contribution in [3.8, 4) is 6.07 Å². The van der Waals surface area contributed by atoms with Crippen LogP contribution in [0.2, 0.25) is 0 Å². The number of ether oxygens (including phenoxy) is 2. The minimum Gasteiger partial charge on any atom is -0.483 e. The van der Waals surface area contributed by atoms with Crippen LogP contribution in [0.5, 0.6) is 0 Å². The van der Waals surface area contributed by atoms with E-state index in [1.165, 1.54) is 28.7 Å². The Morgan fingerprint density at radius 3 is 2.47 bits per heavy atom. The molecule has 0 unspecified atom stereocenters. The Morgan fingerprint density at radius 2 is 1.85 bits per heavy atom. The summed E-state index contributed by atoms with van der Waals surface area (Å²) in [6, 6.07) is 10.8. The Labute approximate surface area is 269 Å². The molecule has 2 aromatic carbocycles. The number of aromatic nitrogens is 3. The van der Waals surface area contributed by atoms with E-state index in [9.17, 15) is 28.0 Å². The van der Waals surface area contributed by atoms with Crippen LogP contribution >= 0.6 is 0 Å². The third-order valence-electron chi connectivity index (χ3n) is 7.87. The molecule has 4 rings (SSSR count). The van der Waals surface area contributed by atoms with E-state index < -0.39 is 29.4 Å². The quantitative estimate of drug-likeness (QED) is 0.132. The number of nitrogens with one attached hydrogen (secondary N) is 1. The fraction of sp³-hybridized carbons (Fsp3) is 0.406. The van der Waals surface area contributed by atoms with E-state index in [0.29, 0.717) is 24.2 Å². The minimum absolute atomic E-state index is 0.00994. The molecule has 0 amide bonds. The van der Waals surface area contributed by atoms with Gasteiger partial charge in [0.05, 0.1) is 63.7 Å². The van der Waals surface area contributed by atoms with Crippen LogP contribution in [0, 0.1) is 11.3 Å². The van der Waals surface area contributed by atoms with E-state index in [0.717, 1.165) is 48.1 Å². The number of allylic oxidation sites excluding steroid dienone is 1. The van der Waals surface area contributed by atoms with Crippen molar-refractivity contribution in [2.45, 2.75) is 38.4 Å². The molecule has 0 saturated carbocycles. The van der Waals surface area contributed by atoms with E-state index in [1.54, 1.807) is 32.2 Å². The van der Waals surface area contributed by atoms with E-state index in [2.05, 4.69) is 30.4 Å². The van der Waals surface area contributed by atoms with Crippen molar-refractivity contribution in [1.82, 2.24) is 14.8 Å². The number of alkyl halides is 3. The first-order valence-electron chi connectivity index (χ1n) is 14.6. The summed E-state index contributed by atoms with van der Waals surface area (Å²) in [5, 5.41) is 23.1. The van der Waals surface area contributed by atoms with Gasteiger partial charge in [-0.25, -0.2) is 19.3 Å². The number of esters is 1. The minimum atomic E-state index is -4.61. The van der Waals surface area contributed by atoms with Gasteiger partial charge >= 0.3 is 17.8 Å². The normalized spacial score (nSPS) is 14.5. The van der Waals surface area contributed by atoms with Gasteiger partial charge in [-0.2, -0.15) is 18.4 Å². The van der Waals surface area contributed by atoms with Crippen molar-refractivity contribution in [1.29, 1.82) is 5.26 Å². The summed E-state index contributed by atoms with van der Waals surface area (Å²) in [4.78, 5) is 36.4. The number of quaternary nitrogens is 1. The third kappa shape index (κ3) is 8.46. The van der Waals surface area contributed by atoms with Gasteiger partial charge in [0, 0.05) is 31.3 Å². The molecule has 0 fully saturated rings. The number of halogens is 3. The Hall–Kier alpha value is -4.94. The van der Waals surface area contributed by atoms with Gasteiger partial charge in [-0.15, -0.1) is 5.10 Å². The molecule has 15 heteroatoms. The maximum absolute atomic E-state index is 13.6. The van der Waals surface area contributed by atoms with Crippen LogP contribution in [0.4, 0.5) is 24.8 Å². The molecule has 2 N–H and O–H groups in total. The molecule has 0 saturated heterocycles. The summed E-state index contributed by atoms with van der Waals surface area (Å²) in [5.74, 6) is -0.745. The number of hydrogen-bond acceptors (Lipinski definition) is 8. The first-order valence-corrected chi connectivity index (χ1v) is 14.6. The van der Waals surface area contributed by atoms with Crippen molar-refractivity contribution in [2.75, 3.05) is 52.9 Å². The number of methoxy groups -OCH3 is 2. The van der Waals surface area contributed by atoms with Gasteiger partial charge in [0.2, 0.25) is 5.95 Å². The molecule has 0 radical (unpaired) electrons. The predicted octanol–water partition coefficient (Wildman–Crippen LogP) is 4.40. The number of anilines is 2. The lowest BCUT2D eigenvalue weighted by molar-refractivity contribution is -0.890. The number of nitrogens with zero attached hydrogens (tertiary/aromatic N) is 5. The van der Waals surface area contributed by atoms with Gasteiger partial charge in [-0.3, -0.25) is 9.69 Å². The zero-order chi connectivity index (χ0) is 34.9. The number of H-pyrrole nitrogens is 1. The highest BCUT2D eigenvalue weighted by Crippen LogP contribution is 2.43. The Morgan fingerprint density at radius 1 is 1.17 bits per heavy atom. The van der Waals surface area contributed by atoms with E-state index in [4.69, 9.17) is 19.4 Å². The number of hydrogen-bond donors (Lipinski definition) is 2. The number of nitriles is 1. The van der Waals surface area contributed by atoms with Crippen LogP contribution < -0.4 is 10.6 Å². The van der Waals surface area contributed by atoms with Crippen LogP contribution in [0.1, 0.15) is 48.1 Å². The molecule has 12 nitrogen and oxygen atoms in total. The van der Waals surface area contributed by atoms with E-state index >= 15 is 0 Å². The van der Waals surface area contributed by atoms with Gasteiger partial charge in [0.25, 0.3) is 6.47 Å². The standard InChI is InChI=1S/C31H35F3N6O4.CH2O2/c1-20-26(28(41)44-5)27(25-13-12-21(19-35)17-22(25)9-7-14-40(2,3)15-8-16-43-4)39-29(36-37-30(39)42)38(20)24-11-6-10-23(18-24)31(32,33)34;2-1-3/h6,10-13,17-18,27H,7-9,14-16H2,1-5H3;1H,(H,2,3)/p+1/t27-;/m1./s1. The second-order valence-electron chi connectivity index (χ2n) is 11.4. The summed E-state index contributed by atoms with van der Waals surface area (Å²) < 4.78 is 53.2. The van der Waals surface area contributed by atoms with Crippen LogP contribution in [-0.2, 0) is 31.7 Å². The lowest BCUT2D eigenvalue weighted by atomic mass is 9.88. The van der Waals surface area contributed by atoms with E-state index in [1.807, 2.05) is 0 Å². The molecule has 252 valence electrons. The maximum Gasteiger partial charge on any atom is 0.416 e. The Bertz CT molecular complexity index is 1710. The second kappa shape index (κ2) is 15.6. The highest BCUT2D eigenvalue weighted by Gasteiger charge is 2.41. The number of carbonyl (C=O) groups excluding carboxylic acids is 1. The van der Waals surface area contributed by atoms with Crippen LogP contribution in [0.3, 0.4) is 0 Å². The molecule has 2 heterocycles. The van der Waals surface area contributed by atoms with Crippen LogP contribution in [0.25, 0.3) is 0 Å². The summed E-state index contributed by atoms with van der Waals surface area (Å²) in [7, 11) is 7.13. The van der Waals surface area contributed by atoms with Gasteiger partial charge in [-0.1, -0.05) is 12.1 Å².